The zero-order valence-electron chi connectivity index (χ0n) is 17.7. The van der Waals surface area contributed by atoms with Crippen molar-refractivity contribution in [3.63, 3.8) is 0 Å². The van der Waals surface area contributed by atoms with Crippen molar-refractivity contribution in [2.75, 3.05) is 5.32 Å². The van der Waals surface area contributed by atoms with Gasteiger partial charge in [-0.25, -0.2) is 9.78 Å². The number of hydrogen-bond donors (Lipinski definition) is 4. The van der Waals surface area contributed by atoms with Crippen LogP contribution in [0.5, 0.6) is 0 Å². The highest BCUT2D eigenvalue weighted by molar-refractivity contribution is 9.10. The number of aromatic nitrogens is 1. The van der Waals surface area contributed by atoms with E-state index < -0.39 is 29.9 Å². The van der Waals surface area contributed by atoms with Crippen LogP contribution in [0.2, 0.25) is 5.02 Å². The molecule has 2 amide bonds. The Bertz CT molecular complexity index is 1170. The van der Waals surface area contributed by atoms with Crippen LogP contribution in [0, 0.1) is 0 Å². The lowest BCUT2D eigenvalue weighted by atomic mass is 9.97. The number of nitrogens with one attached hydrogen (secondary N) is 2. The molecule has 4 N–H and O–H groups in total. The second-order valence-corrected chi connectivity index (χ2v) is 8.69. The standard InChI is InChI=1S/C24H21BrClN3O5/c25-21-9-7-16(13-27-21)28-22(31)23(32)29-17(12-20(30)24(33)34)10-14-6-8-18(19(26)11-14)15-4-2-1-3-5-15/h1-9,11,13,17,20,30H,10,12H2,(H,28,31)(H,29,32)(H,33,34)/t17-,20-/m1/s1. The summed E-state index contributed by atoms with van der Waals surface area (Å²) in [7, 11) is 0. The fourth-order valence-corrected chi connectivity index (χ4v) is 3.82. The summed E-state index contributed by atoms with van der Waals surface area (Å²) in [6.45, 7) is 0. The Hall–Kier alpha value is -3.27. The predicted octanol–water partition coefficient (Wildman–Crippen LogP) is 3.67. The van der Waals surface area contributed by atoms with Gasteiger partial charge in [0.1, 0.15) is 4.60 Å². The molecule has 1 aromatic heterocycles. The SMILES string of the molecule is O=C(Nc1ccc(Br)nc1)C(=O)N[C@H](Cc1ccc(-c2ccccc2)c(Cl)c1)C[C@@H](O)C(=O)O. The number of aliphatic carboxylic acids is 1. The van der Waals surface area contributed by atoms with E-state index in [1.54, 1.807) is 24.3 Å². The van der Waals surface area contributed by atoms with E-state index in [1.807, 2.05) is 36.4 Å². The number of amides is 2. The smallest absolute Gasteiger partial charge is 0.332 e. The molecule has 0 fully saturated rings. The van der Waals surface area contributed by atoms with Gasteiger partial charge in [-0.05, 0) is 51.7 Å². The molecule has 8 nitrogen and oxygen atoms in total. The molecule has 0 radical (unpaired) electrons. The van der Waals surface area contributed by atoms with Crippen LogP contribution in [0.3, 0.4) is 0 Å². The van der Waals surface area contributed by atoms with Crippen LogP contribution in [0.15, 0.2) is 71.5 Å². The highest BCUT2D eigenvalue weighted by Gasteiger charge is 2.25. The number of carbonyl (C=O) groups is 3. The van der Waals surface area contributed by atoms with E-state index in [2.05, 4.69) is 31.5 Å². The van der Waals surface area contributed by atoms with Crippen molar-refractivity contribution in [1.29, 1.82) is 0 Å². The van der Waals surface area contributed by atoms with Gasteiger partial charge in [0.05, 0.1) is 11.9 Å². The van der Waals surface area contributed by atoms with E-state index in [-0.39, 0.29) is 12.8 Å². The van der Waals surface area contributed by atoms with Crippen molar-refractivity contribution in [1.82, 2.24) is 10.3 Å². The van der Waals surface area contributed by atoms with Crippen molar-refractivity contribution >= 4 is 51.0 Å². The number of anilines is 1. The largest absolute Gasteiger partial charge is 0.479 e. The maximum absolute atomic E-state index is 12.5. The molecule has 2 atom stereocenters. The minimum Gasteiger partial charge on any atom is -0.479 e. The first-order valence-electron chi connectivity index (χ1n) is 10.2. The van der Waals surface area contributed by atoms with Crippen molar-refractivity contribution in [3.05, 3.63) is 82.0 Å². The Balaban J connectivity index is 1.73. The molecule has 0 aliphatic rings. The molecular weight excluding hydrogens is 526 g/mol. The van der Waals surface area contributed by atoms with Crippen molar-refractivity contribution in [2.24, 2.45) is 0 Å². The third-order valence-electron chi connectivity index (χ3n) is 4.92. The highest BCUT2D eigenvalue weighted by Crippen LogP contribution is 2.29. The number of halogens is 2. The Kier molecular flexibility index (Phi) is 8.75. The number of carboxylic acids is 1. The van der Waals surface area contributed by atoms with Gasteiger partial charge in [-0.3, -0.25) is 9.59 Å². The van der Waals surface area contributed by atoms with Crippen LogP contribution in [0.4, 0.5) is 5.69 Å². The van der Waals surface area contributed by atoms with Crippen molar-refractivity contribution in [3.8, 4) is 11.1 Å². The van der Waals surface area contributed by atoms with E-state index in [0.29, 0.717) is 20.9 Å². The van der Waals surface area contributed by atoms with Gasteiger partial charge in [0.15, 0.2) is 6.10 Å². The van der Waals surface area contributed by atoms with Crippen molar-refractivity contribution < 1.29 is 24.6 Å². The summed E-state index contributed by atoms with van der Waals surface area (Å²) in [4.78, 5) is 39.9. The lowest BCUT2D eigenvalue weighted by molar-refractivity contribution is -0.147. The molecule has 0 unspecified atom stereocenters. The minimum atomic E-state index is -1.72. The summed E-state index contributed by atoms with van der Waals surface area (Å²) >= 11 is 9.63. The summed E-state index contributed by atoms with van der Waals surface area (Å²) < 4.78 is 0.564. The van der Waals surface area contributed by atoms with Gasteiger partial charge in [0.25, 0.3) is 0 Å². The quantitative estimate of drug-likeness (QED) is 0.252. The van der Waals surface area contributed by atoms with Crippen LogP contribution in [-0.4, -0.2) is 45.1 Å². The van der Waals surface area contributed by atoms with Crippen LogP contribution in [0.25, 0.3) is 11.1 Å². The number of hydrogen-bond acceptors (Lipinski definition) is 5. The first-order chi connectivity index (χ1) is 16.2. The number of nitrogens with zero attached hydrogens (tertiary/aromatic N) is 1. The molecular formula is C24H21BrClN3O5. The van der Waals surface area contributed by atoms with Gasteiger partial charge in [-0.15, -0.1) is 0 Å². The first kappa shape index (κ1) is 25.4. The predicted molar refractivity (Wildman–Crippen MR) is 131 cm³/mol. The number of aliphatic hydroxyl groups is 1. The molecule has 2 aromatic carbocycles. The Labute approximate surface area is 209 Å². The van der Waals surface area contributed by atoms with Gasteiger partial charge >= 0.3 is 17.8 Å². The lowest BCUT2D eigenvalue weighted by Crippen LogP contribution is -2.45. The van der Waals surface area contributed by atoms with E-state index in [4.69, 9.17) is 16.7 Å². The molecule has 0 aliphatic heterocycles. The fraction of sp³-hybridized carbons (Fsp3) is 0.167. The fourth-order valence-electron chi connectivity index (χ4n) is 3.27. The summed E-state index contributed by atoms with van der Waals surface area (Å²) in [5, 5.41) is 24.3. The molecule has 1 heterocycles. The second kappa shape index (κ2) is 11.7. The van der Waals surface area contributed by atoms with E-state index in [0.717, 1.165) is 11.1 Å². The molecule has 34 heavy (non-hydrogen) atoms. The third kappa shape index (κ3) is 7.11. The van der Waals surface area contributed by atoms with Gasteiger partial charge < -0.3 is 20.8 Å². The zero-order chi connectivity index (χ0) is 24.7. The molecule has 0 saturated carbocycles. The normalized spacial score (nSPS) is 12.4. The zero-order valence-corrected chi connectivity index (χ0v) is 20.1. The molecule has 10 heteroatoms. The summed E-state index contributed by atoms with van der Waals surface area (Å²) in [6, 6.07) is 17.2. The number of carboxylic acid groups (broad SMARTS) is 1. The summed E-state index contributed by atoms with van der Waals surface area (Å²) in [5.41, 5.74) is 2.77. The molecule has 0 saturated heterocycles. The topological polar surface area (TPSA) is 129 Å². The first-order valence-corrected chi connectivity index (χ1v) is 11.4. The van der Waals surface area contributed by atoms with E-state index in [1.165, 1.54) is 6.20 Å². The Morgan fingerprint density at radius 1 is 1.03 bits per heavy atom. The van der Waals surface area contributed by atoms with E-state index >= 15 is 0 Å². The molecule has 3 aromatic rings. The van der Waals surface area contributed by atoms with Gasteiger partial charge in [0.2, 0.25) is 0 Å². The molecule has 176 valence electrons. The maximum atomic E-state index is 12.5. The number of benzene rings is 2. The van der Waals surface area contributed by atoms with Gasteiger partial charge in [-0.2, -0.15) is 0 Å². The van der Waals surface area contributed by atoms with Crippen molar-refractivity contribution in [2.45, 2.75) is 25.0 Å². The minimum absolute atomic E-state index is 0.151. The average Bonchev–Trinajstić information content (AvgIpc) is 2.81. The van der Waals surface area contributed by atoms with Crippen LogP contribution < -0.4 is 10.6 Å². The van der Waals surface area contributed by atoms with Gasteiger partial charge in [-0.1, -0.05) is 54.1 Å². The van der Waals surface area contributed by atoms with E-state index in [9.17, 15) is 19.5 Å². The molecule has 0 aliphatic carbocycles. The Morgan fingerprint density at radius 3 is 2.38 bits per heavy atom. The monoisotopic (exact) mass is 545 g/mol. The number of aliphatic hydroxyl groups excluding tert-OH is 1. The summed E-state index contributed by atoms with van der Waals surface area (Å²) in [5.74, 6) is -3.35. The highest BCUT2D eigenvalue weighted by atomic mass is 79.9. The van der Waals surface area contributed by atoms with Crippen LogP contribution in [-0.2, 0) is 20.8 Å². The van der Waals surface area contributed by atoms with Crippen LogP contribution >= 0.6 is 27.5 Å². The molecule has 3 rings (SSSR count). The molecule has 0 spiro atoms. The third-order valence-corrected chi connectivity index (χ3v) is 5.70. The average molecular weight is 547 g/mol. The number of rotatable bonds is 8. The number of pyridine rings is 1. The Morgan fingerprint density at radius 2 is 1.76 bits per heavy atom. The maximum Gasteiger partial charge on any atom is 0.332 e. The van der Waals surface area contributed by atoms with Gasteiger partial charge in [0, 0.05) is 23.0 Å². The second-order valence-electron chi connectivity index (χ2n) is 7.47. The lowest BCUT2D eigenvalue weighted by Gasteiger charge is -2.20. The summed E-state index contributed by atoms with van der Waals surface area (Å²) in [6.07, 6.45) is -0.496. The molecule has 0 bridgehead atoms. The van der Waals surface area contributed by atoms with Crippen LogP contribution in [0.1, 0.15) is 12.0 Å². The number of carbonyl (C=O) groups excluding carboxylic acids is 2.